The summed E-state index contributed by atoms with van der Waals surface area (Å²) in [5.74, 6) is -4.84. The number of methoxy groups -OCH3 is 1. The van der Waals surface area contributed by atoms with Crippen molar-refractivity contribution in [1.82, 2.24) is 34.5 Å². The van der Waals surface area contributed by atoms with Crippen LogP contribution < -0.4 is 10.1 Å². The number of anilines is 1. The van der Waals surface area contributed by atoms with Crippen LogP contribution in [0.4, 0.5) is 27.9 Å². The van der Waals surface area contributed by atoms with E-state index in [4.69, 9.17) is 4.74 Å². The number of likely N-dealkylation sites (tertiary alicyclic amines) is 1. The number of benzene rings is 1. The first kappa shape index (κ1) is 23.7. The van der Waals surface area contributed by atoms with Gasteiger partial charge in [0.1, 0.15) is 23.6 Å². The van der Waals surface area contributed by atoms with Crippen LogP contribution in [0.3, 0.4) is 0 Å². The molecule has 1 aliphatic heterocycles. The number of hydrogen-bond donors (Lipinski definition) is 1. The lowest BCUT2D eigenvalue weighted by molar-refractivity contribution is -0.129. The number of aromatic nitrogens is 6. The van der Waals surface area contributed by atoms with Crippen LogP contribution in [0.5, 0.6) is 5.88 Å². The zero-order valence-corrected chi connectivity index (χ0v) is 18.9. The molecule has 4 heterocycles. The van der Waals surface area contributed by atoms with Crippen molar-refractivity contribution in [1.29, 1.82) is 0 Å². The van der Waals surface area contributed by atoms with Gasteiger partial charge in [0.2, 0.25) is 17.7 Å². The Hall–Kier alpha value is -4.04. The number of carbonyl (C=O) groups is 1. The average molecular weight is 510 g/mol. The van der Waals surface area contributed by atoms with E-state index in [9.17, 15) is 22.4 Å². The number of hydrogen-bond acceptors (Lipinski definition) is 7. The van der Waals surface area contributed by atoms with Gasteiger partial charge in [-0.1, -0.05) is 11.3 Å². The number of ether oxygens (including phenoxy) is 1. The van der Waals surface area contributed by atoms with Gasteiger partial charge in [-0.3, -0.25) is 4.79 Å². The molecule has 36 heavy (non-hydrogen) atoms. The predicted octanol–water partition coefficient (Wildman–Crippen LogP) is 2.83. The third-order valence-electron chi connectivity index (χ3n) is 5.92. The summed E-state index contributed by atoms with van der Waals surface area (Å²) in [7, 11) is 1.27. The second-order valence-electron chi connectivity index (χ2n) is 8.31. The Kier molecular flexibility index (Phi) is 5.64. The van der Waals surface area contributed by atoms with E-state index >= 15 is 4.39 Å². The fourth-order valence-corrected chi connectivity index (χ4v) is 4.22. The fraction of sp³-hybridized carbons (Fsp3) is 0.381. The molecule has 1 amide bonds. The standard InChI is InChI=1S/C21H19F5N8O2/c1-10(35)32-7-15(21(25,26)9-32)27-20-28-19(36-2)18-17(12(22)6-34(18)30-20)11-3-4-13-14(5-11)33(31-29-13)8-16(23)24/h3-6,15-16H,7-9H2,1-2H3,(H,27,30)/t15-/m1/s1. The topological polar surface area (TPSA) is 102 Å². The lowest BCUT2D eigenvalue weighted by Gasteiger charge is -2.19. The molecule has 10 nitrogen and oxygen atoms in total. The maximum atomic E-state index is 15.2. The van der Waals surface area contributed by atoms with Crippen molar-refractivity contribution in [3.63, 3.8) is 0 Å². The fourth-order valence-electron chi connectivity index (χ4n) is 4.22. The third kappa shape index (κ3) is 4.03. The summed E-state index contributed by atoms with van der Waals surface area (Å²) in [5.41, 5.74) is 1.01. The summed E-state index contributed by atoms with van der Waals surface area (Å²) in [4.78, 5) is 16.7. The number of rotatable bonds is 6. The lowest BCUT2D eigenvalue weighted by Crippen LogP contribution is -2.38. The van der Waals surface area contributed by atoms with Crippen LogP contribution in [-0.2, 0) is 11.3 Å². The zero-order valence-electron chi connectivity index (χ0n) is 18.9. The molecule has 0 aliphatic carbocycles. The molecule has 1 N–H and O–H groups in total. The maximum absolute atomic E-state index is 15.2. The van der Waals surface area contributed by atoms with E-state index in [1.54, 1.807) is 0 Å². The largest absolute Gasteiger partial charge is 0.479 e. The number of alkyl halides is 4. The SMILES string of the molecule is COc1nc(N[C@@H]2CN(C(C)=O)CC2(F)F)nn2cc(F)c(-c3ccc4nnn(CC(F)F)c4c3)c12. The van der Waals surface area contributed by atoms with E-state index in [1.165, 1.54) is 32.2 Å². The van der Waals surface area contributed by atoms with Gasteiger partial charge in [-0.15, -0.1) is 10.2 Å². The normalized spacial score (nSPS) is 17.4. The third-order valence-corrected chi connectivity index (χ3v) is 5.92. The Morgan fingerprint density at radius 3 is 2.78 bits per heavy atom. The van der Waals surface area contributed by atoms with Gasteiger partial charge >= 0.3 is 0 Å². The first-order valence-electron chi connectivity index (χ1n) is 10.7. The highest BCUT2D eigenvalue weighted by Gasteiger charge is 2.49. The maximum Gasteiger partial charge on any atom is 0.286 e. The Balaban J connectivity index is 1.55. The quantitative estimate of drug-likeness (QED) is 0.398. The molecule has 0 unspecified atom stereocenters. The number of nitrogens with zero attached hydrogens (tertiary/aromatic N) is 7. The summed E-state index contributed by atoms with van der Waals surface area (Å²) >= 11 is 0. The van der Waals surface area contributed by atoms with Gasteiger partial charge in [0.25, 0.3) is 12.3 Å². The summed E-state index contributed by atoms with van der Waals surface area (Å²) in [6.07, 6.45) is -1.65. The number of halogens is 5. The summed E-state index contributed by atoms with van der Waals surface area (Å²) in [6.45, 7) is -0.506. The van der Waals surface area contributed by atoms with Crippen molar-refractivity contribution < 1.29 is 31.5 Å². The van der Waals surface area contributed by atoms with Gasteiger partial charge < -0.3 is 15.0 Å². The number of carbonyl (C=O) groups excluding carboxylic acids is 1. The van der Waals surface area contributed by atoms with E-state index in [1.807, 2.05) is 0 Å². The first-order valence-corrected chi connectivity index (χ1v) is 10.7. The Bertz CT molecular complexity index is 1470. The average Bonchev–Trinajstić information content (AvgIpc) is 3.45. The summed E-state index contributed by atoms with van der Waals surface area (Å²) in [5, 5.41) is 14.2. The molecule has 15 heteroatoms. The molecule has 0 radical (unpaired) electrons. The molecule has 0 bridgehead atoms. The van der Waals surface area contributed by atoms with Crippen LogP contribution in [0, 0.1) is 5.82 Å². The minimum Gasteiger partial charge on any atom is -0.479 e. The second kappa shape index (κ2) is 8.57. The van der Waals surface area contributed by atoms with Crippen LogP contribution in [0.25, 0.3) is 27.7 Å². The number of fused-ring (bicyclic) bond motifs is 2. The molecule has 0 saturated carbocycles. The van der Waals surface area contributed by atoms with E-state index in [-0.39, 0.29) is 35.0 Å². The highest BCUT2D eigenvalue weighted by Crippen LogP contribution is 2.36. The Labute approximate surface area is 199 Å². The molecule has 1 aliphatic rings. The smallest absolute Gasteiger partial charge is 0.286 e. The molecule has 1 atom stereocenters. The van der Waals surface area contributed by atoms with Crippen molar-refractivity contribution >= 4 is 28.4 Å². The van der Waals surface area contributed by atoms with Gasteiger partial charge in [0.05, 0.1) is 30.9 Å². The number of amides is 1. The molecular formula is C21H19F5N8O2. The van der Waals surface area contributed by atoms with Gasteiger partial charge in [-0.25, -0.2) is 31.1 Å². The highest BCUT2D eigenvalue weighted by atomic mass is 19.3. The molecule has 1 saturated heterocycles. The van der Waals surface area contributed by atoms with Gasteiger partial charge in [-0.05, 0) is 17.7 Å². The van der Waals surface area contributed by atoms with E-state index < -0.39 is 43.2 Å². The van der Waals surface area contributed by atoms with Gasteiger partial charge in [0, 0.05) is 13.5 Å². The van der Waals surface area contributed by atoms with Crippen LogP contribution in [-0.4, -0.2) is 79.0 Å². The van der Waals surface area contributed by atoms with E-state index in [0.717, 1.165) is 20.3 Å². The molecule has 1 aromatic carbocycles. The minimum absolute atomic E-state index is 0.0130. The molecule has 3 aromatic heterocycles. The van der Waals surface area contributed by atoms with Crippen molar-refractivity contribution in [2.75, 3.05) is 25.5 Å². The molecule has 0 spiro atoms. The van der Waals surface area contributed by atoms with Crippen LogP contribution in [0.1, 0.15) is 6.92 Å². The molecule has 4 aromatic rings. The van der Waals surface area contributed by atoms with Gasteiger partial charge in [-0.2, -0.15) is 4.98 Å². The predicted molar refractivity (Wildman–Crippen MR) is 117 cm³/mol. The zero-order chi connectivity index (χ0) is 25.8. The lowest BCUT2D eigenvalue weighted by atomic mass is 10.1. The molecule has 1 fully saturated rings. The van der Waals surface area contributed by atoms with E-state index in [0.29, 0.717) is 11.1 Å². The molecular weight excluding hydrogens is 491 g/mol. The molecule has 5 rings (SSSR count). The Morgan fingerprint density at radius 2 is 2.11 bits per heavy atom. The van der Waals surface area contributed by atoms with E-state index in [2.05, 4.69) is 25.7 Å². The first-order chi connectivity index (χ1) is 17.1. The van der Waals surface area contributed by atoms with Crippen molar-refractivity contribution in [2.24, 2.45) is 0 Å². The van der Waals surface area contributed by atoms with Gasteiger partial charge in [0.15, 0.2) is 5.82 Å². The van der Waals surface area contributed by atoms with Crippen LogP contribution in [0.2, 0.25) is 0 Å². The summed E-state index contributed by atoms with van der Waals surface area (Å²) < 4.78 is 77.3. The highest BCUT2D eigenvalue weighted by molar-refractivity contribution is 5.89. The monoisotopic (exact) mass is 510 g/mol. The minimum atomic E-state index is -3.24. The van der Waals surface area contributed by atoms with Crippen LogP contribution >= 0.6 is 0 Å². The molecule has 190 valence electrons. The van der Waals surface area contributed by atoms with Crippen LogP contribution in [0.15, 0.2) is 24.4 Å². The Morgan fingerprint density at radius 1 is 1.33 bits per heavy atom. The van der Waals surface area contributed by atoms with Crippen molar-refractivity contribution in [3.05, 3.63) is 30.2 Å². The summed E-state index contributed by atoms with van der Waals surface area (Å²) in [6, 6.07) is 3.03. The van der Waals surface area contributed by atoms with Crippen molar-refractivity contribution in [3.8, 4) is 17.0 Å². The second-order valence-corrected chi connectivity index (χ2v) is 8.31. The number of nitrogens with one attached hydrogen (secondary N) is 1. The van der Waals surface area contributed by atoms with Crippen molar-refractivity contribution in [2.45, 2.75) is 31.9 Å².